The fourth-order valence-electron chi connectivity index (χ4n) is 2.89. The predicted octanol–water partition coefficient (Wildman–Crippen LogP) is 2.11. The fourth-order valence-corrected chi connectivity index (χ4v) is 2.89. The van der Waals surface area contributed by atoms with E-state index < -0.39 is 0 Å². The Kier molecular flexibility index (Phi) is 3.99. The summed E-state index contributed by atoms with van der Waals surface area (Å²) < 4.78 is 5.30. The molecule has 1 unspecified atom stereocenters. The second kappa shape index (κ2) is 5.92. The summed E-state index contributed by atoms with van der Waals surface area (Å²) in [6, 6.07) is 3.57. The van der Waals surface area contributed by atoms with E-state index in [2.05, 4.69) is 5.32 Å². The number of carbonyl (C=O) groups excluding carboxylic acids is 2. The van der Waals surface area contributed by atoms with Crippen LogP contribution in [0.15, 0.2) is 22.8 Å². The Morgan fingerprint density at radius 3 is 2.52 bits per heavy atom. The highest BCUT2D eigenvalue weighted by atomic mass is 16.3. The van der Waals surface area contributed by atoms with E-state index in [0.29, 0.717) is 13.1 Å². The predicted molar refractivity (Wildman–Crippen MR) is 77.3 cm³/mol. The monoisotopic (exact) mass is 290 g/mol. The van der Waals surface area contributed by atoms with Crippen molar-refractivity contribution >= 4 is 11.8 Å². The van der Waals surface area contributed by atoms with Crippen molar-refractivity contribution in [1.82, 2.24) is 10.2 Å². The van der Waals surface area contributed by atoms with Crippen LogP contribution < -0.4 is 5.32 Å². The number of nitrogens with one attached hydrogen (secondary N) is 1. The number of hydrogen-bond donors (Lipinski definition) is 1. The Morgan fingerprint density at radius 1 is 1.24 bits per heavy atom. The zero-order valence-electron chi connectivity index (χ0n) is 12.4. The second-order valence-corrected chi connectivity index (χ2v) is 6.12. The van der Waals surface area contributed by atoms with Gasteiger partial charge >= 0.3 is 0 Å². The van der Waals surface area contributed by atoms with Gasteiger partial charge in [-0.3, -0.25) is 9.59 Å². The van der Waals surface area contributed by atoms with E-state index in [9.17, 15) is 9.59 Å². The van der Waals surface area contributed by atoms with Crippen LogP contribution in [0.1, 0.15) is 44.4 Å². The van der Waals surface area contributed by atoms with Gasteiger partial charge in [-0.05, 0) is 44.7 Å². The van der Waals surface area contributed by atoms with Crippen LogP contribution >= 0.6 is 0 Å². The lowest BCUT2D eigenvalue weighted by atomic mass is 9.95. The molecule has 1 aromatic rings. The van der Waals surface area contributed by atoms with Gasteiger partial charge in [-0.15, -0.1) is 0 Å². The first-order valence-corrected chi connectivity index (χ1v) is 7.77. The first-order chi connectivity index (χ1) is 10.1. The minimum absolute atomic E-state index is 0.00525. The molecule has 2 amide bonds. The Hall–Kier alpha value is -1.78. The smallest absolute Gasteiger partial charge is 0.225 e. The molecule has 2 heterocycles. The minimum atomic E-state index is -0.112. The van der Waals surface area contributed by atoms with Crippen molar-refractivity contribution in [2.45, 2.75) is 38.6 Å². The molecule has 2 aliphatic rings. The molecule has 1 aliphatic heterocycles. The average Bonchev–Trinajstić information content (AvgIpc) is 3.20. The van der Waals surface area contributed by atoms with E-state index in [0.717, 1.165) is 31.4 Å². The Bertz CT molecular complexity index is 500. The third kappa shape index (κ3) is 3.28. The molecule has 1 atom stereocenters. The molecule has 2 fully saturated rings. The molecular weight excluding hydrogens is 268 g/mol. The molecule has 5 heteroatoms. The van der Waals surface area contributed by atoms with Gasteiger partial charge < -0.3 is 14.6 Å². The summed E-state index contributed by atoms with van der Waals surface area (Å²) in [4.78, 5) is 26.2. The normalized spacial score (nSPS) is 21.1. The number of hydrogen-bond acceptors (Lipinski definition) is 3. The van der Waals surface area contributed by atoms with Gasteiger partial charge in [-0.1, -0.05) is 0 Å². The summed E-state index contributed by atoms with van der Waals surface area (Å²) in [5.74, 6) is 1.40. The van der Waals surface area contributed by atoms with Crippen LogP contribution in [0, 0.1) is 11.8 Å². The van der Waals surface area contributed by atoms with Crippen LogP contribution in [0.5, 0.6) is 0 Å². The number of rotatable bonds is 4. The fraction of sp³-hybridized carbons (Fsp3) is 0.625. The molecule has 3 rings (SSSR count). The third-order valence-corrected chi connectivity index (χ3v) is 4.43. The largest absolute Gasteiger partial charge is 0.467 e. The molecule has 1 aromatic heterocycles. The average molecular weight is 290 g/mol. The first kappa shape index (κ1) is 14.2. The number of likely N-dealkylation sites (tertiary alicyclic amines) is 1. The van der Waals surface area contributed by atoms with Crippen molar-refractivity contribution in [3.8, 4) is 0 Å². The number of furan rings is 1. The van der Waals surface area contributed by atoms with Crippen LogP contribution in [0.2, 0.25) is 0 Å². The van der Waals surface area contributed by atoms with Crippen molar-refractivity contribution in [3.05, 3.63) is 24.2 Å². The molecule has 5 nitrogen and oxygen atoms in total. The SMILES string of the molecule is CC(NC(=O)C1CCN(C(=O)C2CC2)CC1)c1ccco1. The Labute approximate surface area is 124 Å². The molecule has 114 valence electrons. The summed E-state index contributed by atoms with van der Waals surface area (Å²) in [7, 11) is 0. The zero-order chi connectivity index (χ0) is 14.8. The highest BCUT2D eigenvalue weighted by Gasteiger charge is 2.36. The van der Waals surface area contributed by atoms with Gasteiger partial charge in [0, 0.05) is 24.9 Å². The molecule has 0 radical (unpaired) electrons. The van der Waals surface area contributed by atoms with Gasteiger partial charge in [0.1, 0.15) is 5.76 Å². The minimum Gasteiger partial charge on any atom is -0.467 e. The molecule has 1 N–H and O–H groups in total. The van der Waals surface area contributed by atoms with Crippen molar-refractivity contribution in [2.24, 2.45) is 11.8 Å². The van der Waals surface area contributed by atoms with Gasteiger partial charge in [-0.25, -0.2) is 0 Å². The molecule has 1 saturated heterocycles. The summed E-state index contributed by atoms with van der Waals surface area (Å²) >= 11 is 0. The van der Waals surface area contributed by atoms with Gasteiger partial charge in [0.2, 0.25) is 11.8 Å². The van der Waals surface area contributed by atoms with Crippen LogP contribution in [0.25, 0.3) is 0 Å². The van der Waals surface area contributed by atoms with Crippen molar-refractivity contribution in [3.63, 3.8) is 0 Å². The summed E-state index contributed by atoms with van der Waals surface area (Å²) in [5.41, 5.74) is 0. The maximum atomic E-state index is 12.3. The first-order valence-electron chi connectivity index (χ1n) is 7.77. The highest BCUT2D eigenvalue weighted by Crippen LogP contribution is 2.32. The Morgan fingerprint density at radius 2 is 1.95 bits per heavy atom. The van der Waals surface area contributed by atoms with E-state index in [1.165, 1.54) is 0 Å². The maximum Gasteiger partial charge on any atom is 0.225 e. The van der Waals surface area contributed by atoms with E-state index in [1.54, 1.807) is 6.26 Å². The number of amides is 2. The lowest BCUT2D eigenvalue weighted by Crippen LogP contribution is -2.43. The van der Waals surface area contributed by atoms with E-state index in [-0.39, 0.29) is 29.7 Å². The van der Waals surface area contributed by atoms with Gasteiger partial charge in [0.05, 0.1) is 12.3 Å². The summed E-state index contributed by atoms with van der Waals surface area (Å²) in [6.45, 7) is 3.34. The standard InChI is InChI=1S/C16H22N2O3/c1-11(14-3-2-10-21-14)17-15(19)12-6-8-18(9-7-12)16(20)13-4-5-13/h2-3,10-13H,4-9H2,1H3,(H,17,19). The highest BCUT2D eigenvalue weighted by molar-refractivity contribution is 5.82. The van der Waals surface area contributed by atoms with E-state index in [4.69, 9.17) is 4.42 Å². The lowest BCUT2D eigenvalue weighted by Gasteiger charge is -2.32. The molecular formula is C16H22N2O3. The molecule has 21 heavy (non-hydrogen) atoms. The Balaban J connectivity index is 1.47. The quantitative estimate of drug-likeness (QED) is 0.923. The second-order valence-electron chi connectivity index (χ2n) is 6.12. The number of carbonyl (C=O) groups is 2. The summed E-state index contributed by atoms with van der Waals surface area (Å²) in [5, 5.41) is 3.00. The molecule has 1 aliphatic carbocycles. The lowest BCUT2D eigenvalue weighted by molar-refractivity contribution is -0.136. The van der Waals surface area contributed by atoms with Crippen molar-refractivity contribution in [2.75, 3.05) is 13.1 Å². The van der Waals surface area contributed by atoms with Crippen LogP contribution in [-0.4, -0.2) is 29.8 Å². The van der Waals surface area contributed by atoms with Crippen molar-refractivity contribution < 1.29 is 14.0 Å². The van der Waals surface area contributed by atoms with Gasteiger partial charge in [0.25, 0.3) is 0 Å². The van der Waals surface area contributed by atoms with Crippen LogP contribution in [-0.2, 0) is 9.59 Å². The van der Waals surface area contributed by atoms with Crippen LogP contribution in [0.3, 0.4) is 0 Å². The maximum absolute atomic E-state index is 12.3. The molecule has 1 saturated carbocycles. The number of piperidine rings is 1. The van der Waals surface area contributed by atoms with Gasteiger partial charge in [0.15, 0.2) is 0 Å². The zero-order valence-corrected chi connectivity index (χ0v) is 12.4. The van der Waals surface area contributed by atoms with Crippen molar-refractivity contribution in [1.29, 1.82) is 0 Å². The molecule has 0 aromatic carbocycles. The van der Waals surface area contributed by atoms with Crippen LogP contribution in [0.4, 0.5) is 0 Å². The third-order valence-electron chi connectivity index (χ3n) is 4.43. The topological polar surface area (TPSA) is 62.6 Å². The van der Waals surface area contributed by atoms with E-state index in [1.807, 2.05) is 24.0 Å². The molecule has 0 bridgehead atoms. The summed E-state index contributed by atoms with van der Waals surface area (Å²) in [6.07, 6.45) is 5.21. The number of nitrogens with zero attached hydrogens (tertiary/aromatic N) is 1. The van der Waals surface area contributed by atoms with E-state index >= 15 is 0 Å². The van der Waals surface area contributed by atoms with Gasteiger partial charge in [-0.2, -0.15) is 0 Å². The molecule has 0 spiro atoms.